The van der Waals surface area contributed by atoms with Crippen molar-refractivity contribution < 1.29 is 14.7 Å². The van der Waals surface area contributed by atoms with E-state index in [-0.39, 0.29) is 24.4 Å². The van der Waals surface area contributed by atoms with E-state index in [2.05, 4.69) is 10.3 Å². The zero-order chi connectivity index (χ0) is 15.8. The third-order valence-corrected chi connectivity index (χ3v) is 3.28. The highest BCUT2D eigenvalue weighted by molar-refractivity contribution is 5.75. The molecule has 0 radical (unpaired) electrons. The van der Waals surface area contributed by atoms with Gasteiger partial charge in [-0.1, -0.05) is 19.9 Å². The molecular formula is C15H23N3O3. The lowest BCUT2D eigenvalue weighted by molar-refractivity contribution is -0.137. The molecule has 0 aromatic carbocycles. The van der Waals surface area contributed by atoms with Crippen molar-refractivity contribution in [2.75, 3.05) is 13.6 Å². The molecule has 0 aliphatic heterocycles. The number of carbonyl (C=O) groups excluding carboxylic acids is 1. The maximum absolute atomic E-state index is 12.1. The van der Waals surface area contributed by atoms with Crippen LogP contribution in [-0.4, -0.2) is 46.6 Å². The monoisotopic (exact) mass is 293 g/mol. The smallest absolute Gasteiger partial charge is 0.317 e. The normalized spacial score (nSPS) is 12.0. The van der Waals surface area contributed by atoms with E-state index in [4.69, 9.17) is 5.11 Å². The van der Waals surface area contributed by atoms with E-state index in [9.17, 15) is 9.59 Å². The summed E-state index contributed by atoms with van der Waals surface area (Å²) in [6.45, 7) is 4.31. The number of rotatable bonds is 7. The van der Waals surface area contributed by atoms with Gasteiger partial charge in [0.05, 0.1) is 6.42 Å². The van der Waals surface area contributed by atoms with Gasteiger partial charge in [-0.15, -0.1) is 0 Å². The van der Waals surface area contributed by atoms with Crippen LogP contribution < -0.4 is 5.32 Å². The first-order chi connectivity index (χ1) is 9.90. The molecule has 1 atom stereocenters. The van der Waals surface area contributed by atoms with E-state index in [0.717, 1.165) is 5.69 Å². The Morgan fingerprint density at radius 1 is 1.38 bits per heavy atom. The molecule has 2 N–H and O–H groups in total. The summed E-state index contributed by atoms with van der Waals surface area (Å²) in [5.41, 5.74) is 0.920. The lowest BCUT2D eigenvalue weighted by Crippen LogP contribution is -2.46. The second-order valence-electron chi connectivity index (χ2n) is 5.39. The number of hydrogen-bond donors (Lipinski definition) is 2. The molecule has 0 saturated carbocycles. The van der Waals surface area contributed by atoms with Crippen LogP contribution in [0.25, 0.3) is 0 Å². The predicted molar refractivity (Wildman–Crippen MR) is 80.0 cm³/mol. The number of hydrogen-bond acceptors (Lipinski definition) is 3. The Kier molecular flexibility index (Phi) is 6.65. The number of carboxylic acids is 1. The largest absolute Gasteiger partial charge is 0.481 e. The van der Waals surface area contributed by atoms with Crippen molar-refractivity contribution in [1.82, 2.24) is 15.2 Å². The van der Waals surface area contributed by atoms with Crippen LogP contribution >= 0.6 is 0 Å². The zero-order valence-corrected chi connectivity index (χ0v) is 12.7. The number of aromatic nitrogens is 1. The standard InChI is InChI=1S/C15H23N3O3/c1-11(2)13(10-14(19)20)17-15(21)18(3)9-7-12-6-4-5-8-16-12/h4-6,8,11,13H,7,9-10H2,1-3H3,(H,17,21)(H,19,20). The zero-order valence-electron chi connectivity index (χ0n) is 12.7. The minimum Gasteiger partial charge on any atom is -0.481 e. The molecule has 1 aromatic rings. The number of pyridine rings is 1. The van der Waals surface area contributed by atoms with Gasteiger partial charge in [0, 0.05) is 37.9 Å². The average Bonchev–Trinajstić information content (AvgIpc) is 2.44. The van der Waals surface area contributed by atoms with Crippen LogP contribution in [0.2, 0.25) is 0 Å². The minimum absolute atomic E-state index is 0.0641. The summed E-state index contributed by atoms with van der Waals surface area (Å²) in [6.07, 6.45) is 2.31. The van der Waals surface area contributed by atoms with Crippen molar-refractivity contribution in [3.8, 4) is 0 Å². The maximum atomic E-state index is 12.1. The van der Waals surface area contributed by atoms with E-state index in [1.54, 1.807) is 18.1 Å². The number of amides is 2. The van der Waals surface area contributed by atoms with Gasteiger partial charge in [-0.05, 0) is 18.1 Å². The summed E-state index contributed by atoms with van der Waals surface area (Å²) in [5, 5.41) is 11.6. The number of likely N-dealkylation sites (N-methyl/N-ethyl adjacent to an activating group) is 1. The van der Waals surface area contributed by atoms with Crippen LogP contribution in [0.3, 0.4) is 0 Å². The van der Waals surface area contributed by atoms with Gasteiger partial charge in [0.2, 0.25) is 0 Å². The van der Waals surface area contributed by atoms with Gasteiger partial charge < -0.3 is 15.3 Å². The molecule has 0 bridgehead atoms. The summed E-state index contributed by atoms with van der Waals surface area (Å²) >= 11 is 0. The molecule has 1 rings (SSSR count). The number of aliphatic carboxylic acids is 1. The second kappa shape index (κ2) is 8.24. The number of urea groups is 1. The van der Waals surface area contributed by atoms with Crippen LogP contribution in [0.5, 0.6) is 0 Å². The maximum Gasteiger partial charge on any atom is 0.317 e. The van der Waals surface area contributed by atoms with Crippen LogP contribution in [0, 0.1) is 5.92 Å². The molecule has 1 unspecified atom stereocenters. The van der Waals surface area contributed by atoms with Crippen LogP contribution in [0.15, 0.2) is 24.4 Å². The van der Waals surface area contributed by atoms with Gasteiger partial charge in [-0.25, -0.2) is 4.79 Å². The average molecular weight is 293 g/mol. The lowest BCUT2D eigenvalue weighted by atomic mass is 10.0. The molecular weight excluding hydrogens is 270 g/mol. The molecule has 2 amide bonds. The molecule has 0 saturated heterocycles. The van der Waals surface area contributed by atoms with Gasteiger partial charge in [0.15, 0.2) is 0 Å². The van der Waals surface area contributed by atoms with E-state index in [1.165, 1.54) is 0 Å². The second-order valence-corrected chi connectivity index (χ2v) is 5.39. The quantitative estimate of drug-likeness (QED) is 0.802. The van der Waals surface area contributed by atoms with Gasteiger partial charge in [-0.2, -0.15) is 0 Å². The first-order valence-electron chi connectivity index (χ1n) is 7.03. The van der Waals surface area contributed by atoms with E-state index in [0.29, 0.717) is 13.0 Å². The fraction of sp³-hybridized carbons (Fsp3) is 0.533. The molecule has 1 heterocycles. The van der Waals surface area contributed by atoms with Crippen molar-refractivity contribution in [3.05, 3.63) is 30.1 Å². The number of nitrogens with one attached hydrogen (secondary N) is 1. The summed E-state index contributed by atoms with van der Waals surface area (Å²) in [4.78, 5) is 28.6. The molecule has 21 heavy (non-hydrogen) atoms. The molecule has 0 fully saturated rings. The van der Waals surface area contributed by atoms with Gasteiger partial charge in [0.1, 0.15) is 0 Å². The highest BCUT2D eigenvalue weighted by atomic mass is 16.4. The Morgan fingerprint density at radius 3 is 2.62 bits per heavy atom. The Morgan fingerprint density at radius 2 is 2.10 bits per heavy atom. The topological polar surface area (TPSA) is 82.5 Å². The van der Waals surface area contributed by atoms with E-state index < -0.39 is 5.97 Å². The molecule has 0 aliphatic rings. The SMILES string of the molecule is CC(C)C(CC(=O)O)NC(=O)N(C)CCc1ccccn1. The van der Waals surface area contributed by atoms with Crippen molar-refractivity contribution in [3.63, 3.8) is 0 Å². The third kappa shape index (κ3) is 6.25. The highest BCUT2D eigenvalue weighted by Gasteiger charge is 2.21. The predicted octanol–water partition coefficient (Wildman–Crippen LogP) is 1.76. The van der Waals surface area contributed by atoms with Crippen molar-refractivity contribution >= 4 is 12.0 Å². The summed E-state index contributed by atoms with van der Waals surface area (Å²) in [5.74, 6) is -0.848. The van der Waals surface area contributed by atoms with Gasteiger partial charge in [0.25, 0.3) is 0 Å². The number of nitrogens with zero attached hydrogens (tertiary/aromatic N) is 2. The van der Waals surface area contributed by atoms with Crippen LogP contribution in [0.4, 0.5) is 4.79 Å². The highest BCUT2D eigenvalue weighted by Crippen LogP contribution is 2.07. The van der Waals surface area contributed by atoms with E-state index >= 15 is 0 Å². The molecule has 6 heteroatoms. The summed E-state index contributed by atoms with van der Waals surface area (Å²) in [6, 6.07) is 5.04. The van der Waals surface area contributed by atoms with Gasteiger partial charge in [-0.3, -0.25) is 9.78 Å². The minimum atomic E-state index is -0.912. The van der Waals surface area contributed by atoms with Crippen LogP contribution in [-0.2, 0) is 11.2 Å². The van der Waals surface area contributed by atoms with Gasteiger partial charge >= 0.3 is 12.0 Å². The molecule has 0 aliphatic carbocycles. The van der Waals surface area contributed by atoms with Crippen molar-refractivity contribution in [2.45, 2.75) is 32.7 Å². The first kappa shape index (κ1) is 16.9. The summed E-state index contributed by atoms with van der Waals surface area (Å²) < 4.78 is 0. The number of carboxylic acid groups (broad SMARTS) is 1. The molecule has 1 aromatic heterocycles. The molecule has 6 nitrogen and oxygen atoms in total. The lowest BCUT2D eigenvalue weighted by Gasteiger charge is -2.25. The van der Waals surface area contributed by atoms with E-state index in [1.807, 2.05) is 32.0 Å². The Balaban J connectivity index is 2.47. The van der Waals surface area contributed by atoms with Crippen molar-refractivity contribution in [2.24, 2.45) is 5.92 Å². The fourth-order valence-corrected chi connectivity index (χ4v) is 1.84. The molecule has 0 spiro atoms. The third-order valence-electron chi connectivity index (χ3n) is 3.28. The summed E-state index contributed by atoms with van der Waals surface area (Å²) in [7, 11) is 1.69. The Labute approximate surface area is 125 Å². The Bertz CT molecular complexity index is 462. The molecule has 116 valence electrons. The first-order valence-corrected chi connectivity index (χ1v) is 7.03. The Hall–Kier alpha value is -2.11. The fourth-order valence-electron chi connectivity index (χ4n) is 1.84. The van der Waals surface area contributed by atoms with Crippen molar-refractivity contribution in [1.29, 1.82) is 0 Å². The van der Waals surface area contributed by atoms with Crippen LogP contribution in [0.1, 0.15) is 26.0 Å². The number of carbonyl (C=O) groups is 2.